The van der Waals surface area contributed by atoms with Gasteiger partial charge in [0, 0.05) is 24.8 Å². The van der Waals surface area contributed by atoms with Crippen LogP contribution in [0.4, 0.5) is 8.78 Å². The van der Waals surface area contributed by atoms with E-state index in [2.05, 4.69) is 10.6 Å². The highest BCUT2D eigenvalue weighted by molar-refractivity contribution is 5.94. The molecule has 0 saturated carbocycles. The minimum absolute atomic E-state index is 0.0601. The molecule has 2 aromatic rings. The molecule has 2 atom stereocenters. The number of benzene rings is 2. The Bertz CT molecular complexity index is 979. The van der Waals surface area contributed by atoms with Crippen molar-refractivity contribution in [3.63, 3.8) is 0 Å². The fourth-order valence-electron chi connectivity index (χ4n) is 3.92. The molecule has 0 radical (unpaired) electrons. The molecule has 1 amide bonds. The number of rotatable bonds is 11. The second-order valence-corrected chi connectivity index (χ2v) is 8.22. The van der Waals surface area contributed by atoms with Crippen LogP contribution in [0.1, 0.15) is 55.4 Å². The maximum absolute atomic E-state index is 15.2. The molecule has 5 N–H and O–H groups in total. The first-order valence-electron chi connectivity index (χ1n) is 11.6. The zero-order valence-corrected chi connectivity index (χ0v) is 19.3. The number of nitrogen functional groups attached to an aromatic ring is 1. The van der Waals surface area contributed by atoms with E-state index in [0.29, 0.717) is 18.0 Å². The van der Waals surface area contributed by atoms with Crippen molar-refractivity contribution < 1.29 is 23.0 Å². The lowest BCUT2D eigenvalue weighted by Gasteiger charge is -2.23. The molecule has 0 aliphatic carbocycles. The van der Waals surface area contributed by atoms with Gasteiger partial charge >= 0.3 is 0 Å². The van der Waals surface area contributed by atoms with Gasteiger partial charge in [0.25, 0.3) is 5.91 Å². The number of amidine groups is 1. The fourth-order valence-corrected chi connectivity index (χ4v) is 3.92. The van der Waals surface area contributed by atoms with Crippen LogP contribution in [0.2, 0.25) is 0 Å². The van der Waals surface area contributed by atoms with Gasteiger partial charge in [-0.1, -0.05) is 30.7 Å². The number of hydrogen-bond acceptors (Lipinski definition) is 5. The quantitative estimate of drug-likeness (QED) is 0.294. The van der Waals surface area contributed by atoms with Gasteiger partial charge in [-0.25, -0.2) is 8.78 Å². The Morgan fingerprint density at radius 2 is 2.00 bits per heavy atom. The molecule has 2 unspecified atom stereocenters. The number of ether oxygens (including phenoxy) is 2. The van der Waals surface area contributed by atoms with Crippen molar-refractivity contribution in [3.8, 4) is 5.75 Å². The van der Waals surface area contributed by atoms with E-state index in [1.165, 1.54) is 6.07 Å². The van der Waals surface area contributed by atoms with E-state index in [1.807, 2.05) is 0 Å². The molecular weight excluding hydrogens is 442 g/mol. The molecule has 2 aromatic carbocycles. The third kappa shape index (κ3) is 6.74. The molecule has 1 fully saturated rings. The Morgan fingerprint density at radius 1 is 1.24 bits per heavy atom. The zero-order valence-electron chi connectivity index (χ0n) is 19.3. The predicted molar refractivity (Wildman–Crippen MR) is 126 cm³/mol. The summed E-state index contributed by atoms with van der Waals surface area (Å²) in [6.07, 6.45) is 2.59. The summed E-state index contributed by atoms with van der Waals surface area (Å²) in [5.74, 6) is -2.65. The summed E-state index contributed by atoms with van der Waals surface area (Å²) in [6.45, 7) is 3.10. The molecule has 9 heteroatoms. The number of piperidine rings is 1. The van der Waals surface area contributed by atoms with Crippen LogP contribution < -0.4 is 21.1 Å². The predicted octanol–water partition coefficient (Wildman–Crippen LogP) is 3.55. The van der Waals surface area contributed by atoms with Crippen LogP contribution in [-0.4, -0.2) is 37.5 Å². The lowest BCUT2D eigenvalue weighted by atomic mass is 10.0. The molecule has 34 heavy (non-hydrogen) atoms. The molecule has 0 spiro atoms. The first-order valence-corrected chi connectivity index (χ1v) is 11.6. The summed E-state index contributed by atoms with van der Waals surface area (Å²) in [5.41, 5.74) is 6.27. The highest BCUT2D eigenvalue weighted by Gasteiger charge is 2.30. The lowest BCUT2D eigenvalue weighted by molar-refractivity contribution is -0.133. The van der Waals surface area contributed by atoms with Gasteiger partial charge in [0.15, 0.2) is 17.7 Å². The molecular formula is C25H32F2N4O3. The van der Waals surface area contributed by atoms with Crippen LogP contribution in [0, 0.1) is 17.0 Å². The molecule has 0 aromatic heterocycles. The van der Waals surface area contributed by atoms with E-state index in [4.69, 9.17) is 20.6 Å². The molecule has 184 valence electrons. The first kappa shape index (κ1) is 25.6. The second kappa shape index (κ2) is 12.4. The van der Waals surface area contributed by atoms with Crippen molar-refractivity contribution >= 4 is 11.7 Å². The van der Waals surface area contributed by atoms with Crippen molar-refractivity contribution in [1.82, 2.24) is 10.6 Å². The van der Waals surface area contributed by atoms with E-state index in [0.717, 1.165) is 37.4 Å². The van der Waals surface area contributed by atoms with Gasteiger partial charge in [-0.15, -0.1) is 0 Å². The summed E-state index contributed by atoms with van der Waals surface area (Å²) in [5, 5.41) is 13.5. The average molecular weight is 475 g/mol. The highest BCUT2D eigenvalue weighted by atomic mass is 19.1. The Hall–Kier alpha value is -3.04. The van der Waals surface area contributed by atoms with Gasteiger partial charge in [0.2, 0.25) is 0 Å². The largest absolute Gasteiger partial charge is 0.490 e. The lowest BCUT2D eigenvalue weighted by Crippen LogP contribution is -2.35. The Kier molecular flexibility index (Phi) is 9.35. The van der Waals surface area contributed by atoms with E-state index < -0.39 is 29.2 Å². The Morgan fingerprint density at radius 3 is 2.65 bits per heavy atom. The normalized spacial score (nSPS) is 16.6. The minimum atomic E-state index is -1.47. The number of nitrogens with one attached hydrogen (secondary N) is 3. The van der Waals surface area contributed by atoms with Gasteiger partial charge in [-0.3, -0.25) is 10.2 Å². The van der Waals surface area contributed by atoms with Crippen LogP contribution in [0.15, 0.2) is 36.4 Å². The monoisotopic (exact) mass is 474 g/mol. The molecule has 0 bridgehead atoms. The third-order valence-electron chi connectivity index (χ3n) is 5.79. The molecule has 1 saturated heterocycles. The summed E-state index contributed by atoms with van der Waals surface area (Å²) < 4.78 is 41.0. The number of hydrogen-bond donors (Lipinski definition) is 4. The van der Waals surface area contributed by atoms with Gasteiger partial charge in [-0.2, -0.15) is 0 Å². The number of amides is 1. The van der Waals surface area contributed by atoms with Crippen molar-refractivity contribution in [1.29, 1.82) is 5.41 Å². The van der Waals surface area contributed by atoms with E-state index in [-0.39, 0.29) is 31.3 Å². The highest BCUT2D eigenvalue weighted by Crippen LogP contribution is 2.31. The Balaban J connectivity index is 1.68. The van der Waals surface area contributed by atoms with Crippen molar-refractivity contribution in [2.24, 2.45) is 5.73 Å². The number of halogens is 2. The van der Waals surface area contributed by atoms with Crippen LogP contribution in [0.5, 0.6) is 5.75 Å². The molecule has 1 aliphatic heterocycles. The summed E-state index contributed by atoms with van der Waals surface area (Å²) in [6, 6.07) is 9.39. The van der Waals surface area contributed by atoms with Crippen LogP contribution in [0.25, 0.3) is 0 Å². The molecule has 1 heterocycles. The van der Waals surface area contributed by atoms with Crippen LogP contribution in [-0.2, 0) is 16.1 Å². The Labute approximate surface area is 198 Å². The second-order valence-electron chi connectivity index (χ2n) is 8.22. The maximum atomic E-state index is 15.2. The maximum Gasteiger partial charge on any atom is 0.254 e. The number of nitrogens with two attached hydrogens (primary N) is 1. The first-order chi connectivity index (χ1) is 16.4. The summed E-state index contributed by atoms with van der Waals surface area (Å²) in [7, 11) is 0. The van der Waals surface area contributed by atoms with Gasteiger partial charge in [0.1, 0.15) is 11.7 Å². The van der Waals surface area contributed by atoms with Gasteiger partial charge in [-0.05, 0) is 50.4 Å². The van der Waals surface area contributed by atoms with E-state index >= 15 is 4.39 Å². The average Bonchev–Trinajstić information content (AvgIpc) is 2.84. The summed E-state index contributed by atoms with van der Waals surface area (Å²) >= 11 is 0. The number of carbonyl (C=O) groups excluding carboxylic acids is 1. The smallest absolute Gasteiger partial charge is 0.254 e. The van der Waals surface area contributed by atoms with Crippen molar-refractivity contribution in [2.75, 3.05) is 19.8 Å². The standard InChI is InChI=1S/C25H32F2N4O3/c1-2-33-23(25(32)31-15-16-6-8-17(9-7-16)24(28)29)21-19(26)10-11-20(22(21)27)34-14-12-18-5-3-4-13-30-18/h6-11,18,23,30H,2-5,12-15H2,1H3,(H3,28,29)(H,31,32). The van der Waals surface area contributed by atoms with Gasteiger partial charge < -0.3 is 25.8 Å². The van der Waals surface area contributed by atoms with Crippen LogP contribution >= 0.6 is 0 Å². The van der Waals surface area contributed by atoms with Gasteiger partial charge in [0.05, 0.1) is 12.2 Å². The molecule has 3 rings (SSSR count). The van der Waals surface area contributed by atoms with Crippen molar-refractivity contribution in [3.05, 3.63) is 64.7 Å². The zero-order chi connectivity index (χ0) is 24.5. The fraction of sp³-hybridized carbons (Fsp3) is 0.440. The van der Waals surface area contributed by atoms with Crippen molar-refractivity contribution in [2.45, 2.75) is 51.3 Å². The summed E-state index contributed by atoms with van der Waals surface area (Å²) in [4.78, 5) is 12.8. The minimum Gasteiger partial charge on any atom is -0.490 e. The van der Waals surface area contributed by atoms with Crippen LogP contribution in [0.3, 0.4) is 0 Å². The van der Waals surface area contributed by atoms with E-state index in [1.54, 1.807) is 31.2 Å². The van der Waals surface area contributed by atoms with E-state index in [9.17, 15) is 9.18 Å². The topological polar surface area (TPSA) is 109 Å². The number of carbonyl (C=O) groups is 1. The molecule has 1 aliphatic rings. The SMILES string of the molecule is CCOC(C(=O)NCc1ccc(C(=N)N)cc1)c1c(F)ccc(OCCC2CCCCN2)c1F. The third-order valence-corrected chi connectivity index (χ3v) is 5.79. The molecule has 7 nitrogen and oxygen atoms in total.